The number of allylic oxidation sites excluding steroid dienone is 2. The maximum absolute atomic E-state index is 12.6. The Kier molecular flexibility index (Phi) is 4.21. The fraction of sp³-hybridized carbons (Fsp3) is 0.412. The minimum atomic E-state index is -4.45. The van der Waals surface area contributed by atoms with Gasteiger partial charge in [0.1, 0.15) is 0 Å². The Morgan fingerprint density at radius 1 is 1.04 bits per heavy atom. The molecule has 0 spiro atoms. The van der Waals surface area contributed by atoms with Crippen molar-refractivity contribution in [2.75, 3.05) is 6.54 Å². The van der Waals surface area contributed by atoms with Crippen LogP contribution in [0.1, 0.15) is 30.1 Å². The van der Waals surface area contributed by atoms with Gasteiger partial charge in [-0.15, -0.1) is 0 Å². The summed E-state index contributed by atoms with van der Waals surface area (Å²) in [7, 11) is 0. The smallest absolute Gasteiger partial charge is 0.387 e. The van der Waals surface area contributed by atoms with Crippen LogP contribution in [-0.2, 0) is 15.8 Å². The Bertz CT molecular complexity index is 655. The van der Waals surface area contributed by atoms with Crippen molar-refractivity contribution in [3.05, 3.63) is 47.5 Å². The molecule has 1 N–H and O–H groups in total. The molecule has 0 radical (unpaired) electrons. The number of β-amino-alcohol motifs (C(OH)–C–C–N with tert-alkyl or cyclic N) is 1. The lowest BCUT2D eigenvalue weighted by atomic mass is 9.85. The van der Waals surface area contributed by atoms with Crippen LogP contribution in [-0.4, -0.2) is 28.4 Å². The Hall–Kier alpha value is -2.15. The Morgan fingerprint density at radius 3 is 2.00 bits per heavy atom. The molecule has 1 aliphatic heterocycles. The number of aliphatic hydroxyl groups is 1. The second-order valence-corrected chi connectivity index (χ2v) is 6.08. The van der Waals surface area contributed by atoms with E-state index >= 15 is 0 Å². The van der Waals surface area contributed by atoms with Gasteiger partial charge in [0, 0.05) is 0 Å². The second-order valence-electron chi connectivity index (χ2n) is 6.08. The number of alkyl halides is 3. The SMILES string of the molecule is O=C1[C@@H]2CC=CC[C@H]2C(=O)N1C[C@H](O)c1ccc(C(F)(F)F)cc1. The number of amides is 2. The first-order valence-corrected chi connectivity index (χ1v) is 7.64. The molecule has 0 bridgehead atoms. The molecule has 1 aliphatic carbocycles. The Balaban J connectivity index is 1.72. The molecule has 3 atom stereocenters. The van der Waals surface area contributed by atoms with E-state index in [1.165, 1.54) is 0 Å². The largest absolute Gasteiger partial charge is 0.416 e. The van der Waals surface area contributed by atoms with Gasteiger partial charge in [-0.3, -0.25) is 14.5 Å². The fourth-order valence-electron chi connectivity index (χ4n) is 3.22. The van der Waals surface area contributed by atoms with Gasteiger partial charge in [0.05, 0.1) is 30.0 Å². The normalized spacial score (nSPS) is 25.1. The summed E-state index contributed by atoms with van der Waals surface area (Å²) >= 11 is 0. The molecule has 1 aromatic rings. The maximum atomic E-state index is 12.6. The van der Waals surface area contributed by atoms with E-state index in [0.717, 1.165) is 29.2 Å². The first-order chi connectivity index (χ1) is 11.3. The van der Waals surface area contributed by atoms with E-state index in [1.54, 1.807) is 0 Å². The van der Waals surface area contributed by atoms with E-state index in [0.29, 0.717) is 12.8 Å². The second kappa shape index (κ2) is 6.05. The van der Waals surface area contributed by atoms with Crippen molar-refractivity contribution in [1.29, 1.82) is 0 Å². The predicted octanol–water partition coefficient (Wildman–Crippen LogP) is 2.69. The van der Waals surface area contributed by atoms with Crippen LogP contribution in [0.5, 0.6) is 0 Å². The topological polar surface area (TPSA) is 57.6 Å². The molecule has 0 saturated carbocycles. The zero-order valence-electron chi connectivity index (χ0n) is 12.7. The van der Waals surface area contributed by atoms with Crippen molar-refractivity contribution in [3.63, 3.8) is 0 Å². The van der Waals surface area contributed by atoms with Crippen LogP contribution >= 0.6 is 0 Å². The zero-order chi connectivity index (χ0) is 17.5. The van der Waals surface area contributed by atoms with Crippen LogP contribution in [0.2, 0.25) is 0 Å². The molecule has 1 aromatic carbocycles. The Morgan fingerprint density at radius 2 is 1.54 bits per heavy atom. The third-order valence-corrected chi connectivity index (χ3v) is 4.58. The van der Waals surface area contributed by atoms with Crippen molar-refractivity contribution >= 4 is 11.8 Å². The van der Waals surface area contributed by atoms with Gasteiger partial charge >= 0.3 is 6.18 Å². The average molecular weight is 339 g/mol. The standard InChI is InChI=1S/C17H16F3NO3/c18-17(19,20)11-7-5-10(6-8-11)14(22)9-21-15(23)12-3-1-2-4-13(12)16(21)24/h1-2,5-8,12-14,22H,3-4,9H2/t12-,13-,14+/m1/s1. The molecule has 1 heterocycles. The summed E-state index contributed by atoms with van der Waals surface area (Å²) in [5.74, 6) is -1.41. The highest BCUT2D eigenvalue weighted by Gasteiger charge is 2.47. The van der Waals surface area contributed by atoms with Crippen molar-refractivity contribution < 1.29 is 27.9 Å². The number of carbonyl (C=O) groups excluding carboxylic acids is 2. The van der Waals surface area contributed by atoms with Gasteiger partial charge in [0.25, 0.3) is 0 Å². The monoisotopic (exact) mass is 339 g/mol. The summed E-state index contributed by atoms with van der Waals surface area (Å²) in [6.45, 7) is -0.240. The van der Waals surface area contributed by atoms with Gasteiger partial charge in [-0.2, -0.15) is 13.2 Å². The number of hydrogen-bond acceptors (Lipinski definition) is 3. The van der Waals surface area contributed by atoms with Crippen LogP contribution in [0.15, 0.2) is 36.4 Å². The molecule has 4 nitrogen and oxygen atoms in total. The summed E-state index contributed by atoms with van der Waals surface area (Å²) in [6, 6.07) is 4.06. The van der Waals surface area contributed by atoms with Gasteiger partial charge in [-0.25, -0.2) is 0 Å². The lowest BCUT2D eigenvalue weighted by Crippen LogP contribution is -2.35. The number of benzene rings is 1. The number of likely N-dealkylation sites (tertiary alicyclic amines) is 1. The summed E-state index contributed by atoms with van der Waals surface area (Å²) in [6.07, 6.45) is -0.935. The number of fused-ring (bicyclic) bond motifs is 1. The highest BCUT2D eigenvalue weighted by atomic mass is 19.4. The molecule has 0 unspecified atom stereocenters. The van der Waals surface area contributed by atoms with Gasteiger partial charge < -0.3 is 5.11 Å². The highest BCUT2D eigenvalue weighted by Crippen LogP contribution is 2.36. The summed E-state index contributed by atoms with van der Waals surface area (Å²) in [5, 5.41) is 10.2. The third-order valence-electron chi connectivity index (χ3n) is 4.58. The van der Waals surface area contributed by atoms with Crippen LogP contribution in [0.25, 0.3) is 0 Å². The predicted molar refractivity (Wildman–Crippen MR) is 78.5 cm³/mol. The van der Waals surface area contributed by atoms with Crippen molar-refractivity contribution in [1.82, 2.24) is 4.90 Å². The molecule has 0 aromatic heterocycles. The van der Waals surface area contributed by atoms with E-state index < -0.39 is 17.8 Å². The highest BCUT2D eigenvalue weighted by molar-refractivity contribution is 6.05. The van der Waals surface area contributed by atoms with Crippen LogP contribution in [0.3, 0.4) is 0 Å². The van der Waals surface area contributed by atoms with Gasteiger partial charge in [0.2, 0.25) is 11.8 Å². The van der Waals surface area contributed by atoms with E-state index in [-0.39, 0.29) is 35.8 Å². The summed E-state index contributed by atoms with van der Waals surface area (Å²) in [5.41, 5.74) is -0.583. The maximum Gasteiger partial charge on any atom is 0.416 e. The molecule has 128 valence electrons. The molecule has 3 rings (SSSR count). The number of halogens is 3. The Labute approximate surface area is 136 Å². The molecule has 1 fully saturated rings. The minimum Gasteiger partial charge on any atom is -0.387 e. The summed E-state index contributed by atoms with van der Waals surface area (Å²) in [4.78, 5) is 25.7. The fourth-order valence-corrected chi connectivity index (χ4v) is 3.22. The first-order valence-electron chi connectivity index (χ1n) is 7.64. The zero-order valence-corrected chi connectivity index (χ0v) is 12.7. The number of nitrogens with zero attached hydrogens (tertiary/aromatic N) is 1. The number of aliphatic hydroxyl groups excluding tert-OH is 1. The molecule has 1 saturated heterocycles. The quantitative estimate of drug-likeness (QED) is 0.680. The van der Waals surface area contributed by atoms with Crippen molar-refractivity contribution in [3.8, 4) is 0 Å². The molecular weight excluding hydrogens is 323 g/mol. The van der Waals surface area contributed by atoms with Gasteiger partial charge in [-0.1, -0.05) is 24.3 Å². The van der Waals surface area contributed by atoms with Crippen molar-refractivity contribution in [2.45, 2.75) is 25.1 Å². The van der Waals surface area contributed by atoms with E-state index in [9.17, 15) is 27.9 Å². The third kappa shape index (κ3) is 2.96. The molecule has 24 heavy (non-hydrogen) atoms. The molecule has 7 heteroatoms. The molecular formula is C17H16F3NO3. The number of imide groups is 1. The van der Waals surface area contributed by atoms with Crippen molar-refractivity contribution in [2.24, 2.45) is 11.8 Å². The first kappa shape index (κ1) is 16.7. The molecule has 2 amide bonds. The number of rotatable bonds is 3. The number of carbonyl (C=O) groups is 2. The van der Waals surface area contributed by atoms with Gasteiger partial charge in [-0.05, 0) is 30.5 Å². The van der Waals surface area contributed by atoms with Crippen LogP contribution in [0, 0.1) is 11.8 Å². The number of hydrogen-bond donors (Lipinski definition) is 1. The van der Waals surface area contributed by atoms with E-state index in [2.05, 4.69) is 0 Å². The average Bonchev–Trinajstić information content (AvgIpc) is 2.79. The lowest BCUT2D eigenvalue weighted by Gasteiger charge is -2.19. The van der Waals surface area contributed by atoms with Crippen LogP contribution < -0.4 is 0 Å². The lowest BCUT2D eigenvalue weighted by molar-refractivity contribution is -0.141. The van der Waals surface area contributed by atoms with E-state index in [4.69, 9.17) is 0 Å². The summed E-state index contributed by atoms with van der Waals surface area (Å²) < 4.78 is 37.7. The van der Waals surface area contributed by atoms with E-state index in [1.807, 2.05) is 12.2 Å². The minimum absolute atomic E-state index is 0.233. The van der Waals surface area contributed by atoms with Gasteiger partial charge in [0.15, 0.2) is 0 Å². The molecule has 2 aliphatic rings. The van der Waals surface area contributed by atoms with Crippen LogP contribution in [0.4, 0.5) is 13.2 Å².